The van der Waals surface area contributed by atoms with Crippen molar-refractivity contribution in [2.45, 2.75) is 38.5 Å². The summed E-state index contributed by atoms with van der Waals surface area (Å²) < 4.78 is 0. The van der Waals surface area contributed by atoms with Gasteiger partial charge in [0.1, 0.15) is 0 Å². The van der Waals surface area contributed by atoms with Gasteiger partial charge in [-0.1, -0.05) is 87.1 Å². The fourth-order valence-corrected chi connectivity index (χ4v) is 2.19. The second kappa shape index (κ2) is 6.32. The van der Waals surface area contributed by atoms with Crippen molar-refractivity contribution >= 4 is 10.8 Å². The Labute approximate surface area is 98.3 Å². The predicted octanol–water partition coefficient (Wildman–Crippen LogP) is 5.18. The number of hydrogen-bond acceptors (Lipinski definition) is 0. The average molecular weight is 212 g/mol. The summed E-state index contributed by atoms with van der Waals surface area (Å²) in [6.45, 7) is 0. The minimum absolute atomic E-state index is 1.31. The molecule has 1 fully saturated rings. The van der Waals surface area contributed by atoms with E-state index in [1.54, 1.807) is 0 Å². The summed E-state index contributed by atoms with van der Waals surface area (Å²) in [5, 5.41) is 2.62. The van der Waals surface area contributed by atoms with Crippen LogP contribution in [0.5, 0.6) is 0 Å². The molecule has 0 atom stereocenters. The molecule has 16 heavy (non-hydrogen) atoms. The third kappa shape index (κ3) is 3.37. The molecule has 1 aliphatic carbocycles. The smallest absolute Gasteiger partial charge is 0.0184 e. The molecule has 0 unspecified atom stereocenters. The molecule has 1 aliphatic rings. The topological polar surface area (TPSA) is 0 Å². The first-order valence-electron chi connectivity index (χ1n) is 6.40. The van der Waals surface area contributed by atoms with Gasteiger partial charge in [-0.15, -0.1) is 0 Å². The molecule has 0 spiro atoms. The van der Waals surface area contributed by atoms with Crippen LogP contribution in [0.1, 0.15) is 38.5 Å². The van der Waals surface area contributed by atoms with Gasteiger partial charge in [0.25, 0.3) is 0 Å². The molecule has 0 N–H and O–H groups in total. The van der Waals surface area contributed by atoms with Gasteiger partial charge in [0.15, 0.2) is 0 Å². The molecule has 84 valence electrons. The van der Waals surface area contributed by atoms with E-state index in [1.165, 1.54) is 49.3 Å². The van der Waals surface area contributed by atoms with Crippen LogP contribution in [0.2, 0.25) is 0 Å². The van der Waals surface area contributed by atoms with Crippen LogP contribution in [0.15, 0.2) is 48.5 Å². The maximum atomic E-state index is 2.12. The van der Waals surface area contributed by atoms with Crippen LogP contribution in [0.4, 0.5) is 0 Å². The number of hydrogen-bond donors (Lipinski definition) is 0. The number of benzene rings is 2. The van der Waals surface area contributed by atoms with Gasteiger partial charge in [-0.2, -0.15) is 0 Å². The highest BCUT2D eigenvalue weighted by Gasteiger charge is 1.95. The Morgan fingerprint density at radius 3 is 0.938 bits per heavy atom. The standard InChI is InChI=1S/C10H8.C6H12/c1-2-6-10-8-4-3-7-9(10)5-1;1-2-4-6-5-3-1/h1-8H;1-6H2. The molecule has 0 saturated heterocycles. The van der Waals surface area contributed by atoms with Crippen LogP contribution in [0.3, 0.4) is 0 Å². The summed E-state index contributed by atoms with van der Waals surface area (Å²) in [5.41, 5.74) is 0. The van der Waals surface area contributed by atoms with E-state index in [0.717, 1.165) is 0 Å². The van der Waals surface area contributed by atoms with E-state index in [9.17, 15) is 0 Å². The van der Waals surface area contributed by atoms with Crippen LogP contribution in [0.25, 0.3) is 10.8 Å². The molecule has 1 saturated carbocycles. The van der Waals surface area contributed by atoms with Crippen LogP contribution < -0.4 is 0 Å². The van der Waals surface area contributed by atoms with Crippen LogP contribution in [-0.2, 0) is 0 Å². The van der Waals surface area contributed by atoms with Crippen molar-refractivity contribution in [3.05, 3.63) is 48.5 Å². The van der Waals surface area contributed by atoms with E-state index in [4.69, 9.17) is 0 Å². The lowest BCUT2D eigenvalue weighted by atomic mass is 10.0. The van der Waals surface area contributed by atoms with Crippen LogP contribution in [-0.4, -0.2) is 0 Å². The molecule has 2 aromatic rings. The zero-order valence-corrected chi connectivity index (χ0v) is 9.86. The maximum Gasteiger partial charge on any atom is -0.0184 e. The SMILES string of the molecule is C1CCCCC1.c1ccc2ccccc2c1. The van der Waals surface area contributed by atoms with Crippen LogP contribution in [0, 0.1) is 0 Å². The van der Waals surface area contributed by atoms with Gasteiger partial charge in [0.2, 0.25) is 0 Å². The molecule has 0 radical (unpaired) electrons. The van der Waals surface area contributed by atoms with E-state index in [0.29, 0.717) is 0 Å². The Morgan fingerprint density at radius 1 is 0.438 bits per heavy atom. The minimum atomic E-state index is 1.31. The Hall–Kier alpha value is -1.30. The van der Waals surface area contributed by atoms with Gasteiger partial charge >= 0.3 is 0 Å². The molecule has 0 amide bonds. The van der Waals surface area contributed by atoms with Gasteiger partial charge in [-0.25, -0.2) is 0 Å². The van der Waals surface area contributed by atoms with E-state index >= 15 is 0 Å². The first-order valence-corrected chi connectivity index (χ1v) is 6.40. The third-order valence-electron chi connectivity index (χ3n) is 3.16. The summed E-state index contributed by atoms with van der Waals surface area (Å²) >= 11 is 0. The lowest BCUT2D eigenvalue weighted by molar-refractivity contribution is 0.504. The second-order valence-corrected chi connectivity index (χ2v) is 4.47. The monoisotopic (exact) mass is 212 g/mol. The first kappa shape index (κ1) is 11.2. The summed E-state index contributed by atoms with van der Waals surface area (Å²) in [5.74, 6) is 0. The Balaban J connectivity index is 0.000000138. The van der Waals surface area contributed by atoms with E-state index in [-0.39, 0.29) is 0 Å². The van der Waals surface area contributed by atoms with E-state index < -0.39 is 0 Å². The van der Waals surface area contributed by atoms with Crippen LogP contribution >= 0.6 is 0 Å². The third-order valence-corrected chi connectivity index (χ3v) is 3.16. The zero-order valence-electron chi connectivity index (χ0n) is 9.86. The lowest BCUT2D eigenvalue weighted by Gasteiger charge is -2.05. The molecule has 0 aromatic heterocycles. The van der Waals surface area contributed by atoms with E-state index in [1.807, 2.05) is 0 Å². The lowest BCUT2D eigenvalue weighted by Crippen LogP contribution is -1.85. The van der Waals surface area contributed by atoms with Crippen molar-refractivity contribution in [3.63, 3.8) is 0 Å². The van der Waals surface area contributed by atoms with Crippen molar-refractivity contribution in [3.8, 4) is 0 Å². The molecule has 0 nitrogen and oxygen atoms in total. The van der Waals surface area contributed by atoms with Gasteiger partial charge in [-0.05, 0) is 10.8 Å². The highest BCUT2D eigenvalue weighted by Crippen LogP contribution is 2.15. The van der Waals surface area contributed by atoms with Crippen molar-refractivity contribution < 1.29 is 0 Å². The zero-order chi connectivity index (χ0) is 11.1. The summed E-state index contributed by atoms with van der Waals surface area (Å²) in [4.78, 5) is 0. The quantitative estimate of drug-likeness (QED) is 0.564. The summed E-state index contributed by atoms with van der Waals surface area (Å²) in [6, 6.07) is 16.7. The van der Waals surface area contributed by atoms with Crippen molar-refractivity contribution in [1.29, 1.82) is 0 Å². The first-order chi connectivity index (χ1) is 7.97. The molecule has 3 rings (SSSR count). The summed E-state index contributed by atoms with van der Waals surface area (Å²) in [6.07, 6.45) is 9.00. The van der Waals surface area contributed by atoms with Crippen molar-refractivity contribution in [1.82, 2.24) is 0 Å². The normalized spacial score (nSPS) is 15.2. The average Bonchev–Trinajstić information content (AvgIpc) is 2.42. The summed E-state index contributed by atoms with van der Waals surface area (Å²) in [7, 11) is 0. The van der Waals surface area contributed by atoms with Gasteiger partial charge < -0.3 is 0 Å². The molecular formula is C16H20. The van der Waals surface area contributed by atoms with Crippen molar-refractivity contribution in [2.75, 3.05) is 0 Å². The highest BCUT2D eigenvalue weighted by molar-refractivity contribution is 5.81. The molecule has 0 heterocycles. The largest absolute Gasteiger partial charge is 0.0616 e. The number of rotatable bonds is 0. The Morgan fingerprint density at radius 2 is 0.688 bits per heavy atom. The predicted molar refractivity (Wildman–Crippen MR) is 71.7 cm³/mol. The highest BCUT2D eigenvalue weighted by atomic mass is 14.0. The molecular weight excluding hydrogens is 192 g/mol. The Kier molecular flexibility index (Phi) is 4.42. The molecule has 0 aliphatic heterocycles. The second-order valence-electron chi connectivity index (χ2n) is 4.47. The molecule has 2 aromatic carbocycles. The fourth-order valence-electron chi connectivity index (χ4n) is 2.19. The minimum Gasteiger partial charge on any atom is -0.0616 e. The van der Waals surface area contributed by atoms with Crippen molar-refractivity contribution in [2.24, 2.45) is 0 Å². The van der Waals surface area contributed by atoms with Gasteiger partial charge in [0.05, 0.1) is 0 Å². The van der Waals surface area contributed by atoms with Gasteiger partial charge in [0, 0.05) is 0 Å². The molecule has 0 bridgehead atoms. The number of fused-ring (bicyclic) bond motifs is 1. The Bertz CT molecular complexity index is 336. The van der Waals surface area contributed by atoms with E-state index in [2.05, 4.69) is 48.5 Å². The maximum absolute atomic E-state index is 2.12. The molecule has 0 heteroatoms. The fraction of sp³-hybridized carbons (Fsp3) is 0.375. The van der Waals surface area contributed by atoms with Gasteiger partial charge in [-0.3, -0.25) is 0 Å².